The quantitative estimate of drug-likeness (QED) is 0.304. The van der Waals surface area contributed by atoms with Gasteiger partial charge in [0.05, 0.1) is 36.3 Å². The van der Waals surface area contributed by atoms with Crippen molar-refractivity contribution in [2.24, 2.45) is 0 Å². The van der Waals surface area contributed by atoms with E-state index < -0.39 is 0 Å². The number of nitrogens with one attached hydrogen (secondary N) is 3. The van der Waals surface area contributed by atoms with Crippen molar-refractivity contribution in [3.8, 4) is 0 Å². The molecule has 9 heteroatoms. The molecular formula is C26H25N5O4. The fraction of sp³-hybridized carbons (Fsp3) is 0.231. The van der Waals surface area contributed by atoms with Gasteiger partial charge in [-0.3, -0.25) is 9.59 Å². The maximum absolute atomic E-state index is 13.4. The van der Waals surface area contributed by atoms with Crippen LogP contribution >= 0.6 is 0 Å². The van der Waals surface area contributed by atoms with Gasteiger partial charge in [-0.25, -0.2) is 9.97 Å². The molecule has 9 nitrogen and oxygen atoms in total. The van der Waals surface area contributed by atoms with Gasteiger partial charge in [0.1, 0.15) is 17.8 Å². The number of ether oxygens (including phenoxy) is 1. The average Bonchev–Trinajstić information content (AvgIpc) is 3.35. The lowest BCUT2D eigenvalue weighted by Gasteiger charge is -2.29. The lowest BCUT2D eigenvalue weighted by Crippen LogP contribution is -2.36. The van der Waals surface area contributed by atoms with Crippen LogP contribution in [0.25, 0.3) is 11.0 Å². The molecule has 3 heterocycles. The van der Waals surface area contributed by atoms with Crippen LogP contribution in [0.2, 0.25) is 0 Å². The Hall–Kier alpha value is -4.08. The molecule has 0 radical (unpaired) electrons. The number of benzene rings is 2. The van der Waals surface area contributed by atoms with Gasteiger partial charge in [0.15, 0.2) is 5.78 Å². The van der Waals surface area contributed by atoms with Gasteiger partial charge in [0.2, 0.25) is 0 Å². The fourth-order valence-corrected chi connectivity index (χ4v) is 4.16. The van der Waals surface area contributed by atoms with E-state index in [2.05, 4.69) is 25.6 Å². The third-order valence-corrected chi connectivity index (χ3v) is 6.07. The maximum atomic E-state index is 13.4. The molecule has 1 amide bonds. The van der Waals surface area contributed by atoms with Crippen molar-refractivity contribution in [3.05, 3.63) is 83.8 Å². The zero-order chi connectivity index (χ0) is 24.2. The van der Waals surface area contributed by atoms with E-state index in [0.29, 0.717) is 45.8 Å². The zero-order valence-corrected chi connectivity index (χ0v) is 18.9. The summed E-state index contributed by atoms with van der Waals surface area (Å²) >= 11 is 0. The third-order valence-electron chi connectivity index (χ3n) is 6.07. The fourth-order valence-electron chi connectivity index (χ4n) is 4.16. The van der Waals surface area contributed by atoms with E-state index in [4.69, 9.17) is 4.74 Å². The van der Waals surface area contributed by atoms with Crippen LogP contribution in [-0.2, 0) is 4.74 Å². The first-order valence-corrected chi connectivity index (χ1v) is 11.4. The number of anilines is 2. The number of carbonyl (C=O) groups excluding carboxylic acids is 2. The van der Waals surface area contributed by atoms with Gasteiger partial charge in [-0.2, -0.15) is 0 Å². The Morgan fingerprint density at radius 2 is 1.83 bits per heavy atom. The minimum atomic E-state index is -0.217. The number of carbonyl (C=O) groups is 2. The highest BCUT2D eigenvalue weighted by atomic mass is 16.5. The van der Waals surface area contributed by atoms with Crippen molar-refractivity contribution >= 4 is 34.2 Å². The van der Waals surface area contributed by atoms with Crippen molar-refractivity contribution in [1.82, 2.24) is 15.0 Å². The first-order chi connectivity index (χ1) is 17.1. The molecule has 2 aromatic heterocycles. The Kier molecular flexibility index (Phi) is 6.51. The van der Waals surface area contributed by atoms with Crippen LogP contribution in [-0.4, -0.2) is 57.1 Å². The molecule has 0 aliphatic carbocycles. The highest BCUT2D eigenvalue weighted by Gasteiger charge is 2.24. The van der Waals surface area contributed by atoms with Crippen molar-refractivity contribution < 1.29 is 19.4 Å². The molecule has 0 unspecified atom stereocenters. The molecule has 35 heavy (non-hydrogen) atoms. The van der Waals surface area contributed by atoms with Crippen LogP contribution < -0.4 is 10.6 Å². The van der Waals surface area contributed by atoms with Gasteiger partial charge in [0.25, 0.3) is 5.91 Å². The first-order valence-electron chi connectivity index (χ1n) is 11.4. The van der Waals surface area contributed by atoms with E-state index in [0.717, 1.165) is 12.8 Å². The van der Waals surface area contributed by atoms with Crippen molar-refractivity contribution in [1.29, 1.82) is 0 Å². The number of ketones is 1. The lowest BCUT2D eigenvalue weighted by atomic mass is 10.0. The highest BCUT2D eigenvalue weighted by Crippen LogP contribution is 2.28. The van der Waals surface area contributed by atoms with Crippen LogP contribution in [0.4, 0.5) is 11.5 Å². The average molecular weight is 472 g/mol. The highest BCUT2D eigenvalue weighted by molar-refractivity contribution is 6.18. The number of aliphatic hydroxyl groups excluding tert-OH is 1. The predicted octanol–water partition coefficient (Wildman–Crippen LogP) is 3.39. The maximum Gasteiger partial charge on any atom is 0.255 e. The van der Waals surface area contributed by atoms with E-state index >= 15 is 0 Å². The summed E-state index contributed by atoms with van der Waals surface area (Å²) in [5.41, 5.74) is 2.64. The summed E-state index contributed by atoms with van der Waals surface area (Å²) in [6.45, 7) is 0.455. The van der Waals surface area contributed by atoms with Crippen LogP contribution in [0.15, 0.2) is 67.1 Å². The summed E-state index contributed by atoms with van der Waals surface area (Å²) in [6, 6.07) is 15.7. The largest absolute Gasteiger partial charge is 0.394 e. The number of H-pyrrole nitrogens is 1. The number of rotatable bonds is 7. The molecule has 4 N–H and O–H groups in total. The molecular weight excluding hydrogens is 446 g/mol. The number of aromatic amines is 1. The number of hydrogen-bond donors (Lipinski definition) is 4. The van der Waals surface area contributed by atoms with Gasteiger partial charge >= 0.3 is 0 Å². The van der Waals surface area contributed by atoms with Gasteiger partial charge in [-0.15, -0.1) is 0 Å². The Labute approximate surface area is 201 Å². The van der Waals surface area contributed by atoms with E-state index in [9.17, 15) is 14.7 Å². The molecule has 0 saturated carbocycles. The summed E-state index contributed by atoms with van der Waals surface area (Å²) in [5, 5.41) is 16.1. The first kappa shape index (κ1) is 22.7. The summed E-state index contributed by atoms with van der Waals surface area (Å²) in [7, 11) is 0. The number of nitrogens with zero attached hydrogens (tertiary/aromatic N) is 2. The minimum Gasteiger partial charge on any atom is -0.394 e. The van der Waals surface area contributed by atoms with Crippen LogP contribution in [0.5, 0.6) is 0 Å². The Morgan fingerprint density at radius 1 is 1.03 bits per heavy atom. The molecule has 4 aromatic rings. The summed E-state index contributed by atoms with van der Waals surface area (Å²) < 4.78 is 5.66. The molecule has 2 atom stereocenters. The molecule has 5 rings (SSSR count). The molecule has 1 aliphatic heterocycles. The smallest absolute Gasteiger partial charge is 0.255 e. The van der Waals surface area contributed by atoms with Crippen molar-refractivity contribution in [3.63, 3.8) is 0 Å². The Morgan fingerprint density at radius 3 is 2.54 bits per heavy atom. The molecule has 0 spiro atoms. The zero-order valence-electron chi connectivity index (χ0n) is 18.9. The number of fused-ring (bicyclic) bond motifs is 1. The van der Waals surface area contributed by atoms with E-state index in [1.54, 1.807) is 54.7 Å². The van der Waals surface area contributed by atoms with Crippen molar-refractivity contribution in [2.45, 2.75) is 25.0 Å². The number of hydrogen-bond acceptors (Lipinski definition) is 7. The summed E-state index contributed by atoms with van der Waals surface area (Å²) in [6.07, 6.45) is 4.51. The van der Waals surface area contributed by atoms with Crippen molar-refractivity contribution in [2.75, 3.05) is 23.8 Å². The monoisotopic (exact) mass is 471 g/mol. The second-order valence-corrected chi connectivity index (χ2v) is 8.43. The minimum absolute atomic E-state index is 0.00958. The summed E-state index contributed by atoms with van der Waals surface area (Å²) in [5.74, 6) is 0.156. The van der Waals surface area contributed by atoms with E-state index in [1.807, 2.05) is 6.07 Å². The molecule has 1 fully saturated rings. The molecule has 1 saturated heterocycles. The number of amides is 1. The van der Waals surface area contributed by atoms with E-state index in [-0.39, 0.29) is 30.4 Å². The van der Waals surface area contributed by atoms with E-state index in [1.165, 1.54) is 6.33 Å². The molecule has 178 valence electrons. The second-order valence-electron chi connectivity index (χ2n) is 8.43. The molecule has 2 aromatic carbocycles. The number of aromatic nitrogens is 3. The molecule has 1 aliphatic rings. The van der Waals surface area contributed by atoms with Gasteiger partial charge in [0, 0.05) is 23.0 Å². The SMILES string of the molecule is O=C(Nc1ccc(C(=O)c2c[nH]c3ncnc(N[C@H]4CC[C@H](CO)OC4)c23)cc1)c1ccccc1. The standard InChI is InChI=1S/C26H25N5O4/c32-13-20-11-10-19(14-35-20)30-25-22-21(12-27-24(22)28-15-29-25)23(33)16-6-8-18(9-7-16)31-26(34)17-4-2-1-3-5-17/h1-9,12,15,19-20,32H,10-11,13-14H2,(H,31,34)(H2,27,28,29,30)/t19-,20+/m0/s1. The second kappa shape index (κ2) is 10.0. The normalized spacial score (nSPS) is 17.7. The van der Waals surface area contributed by atoms with Crippen LogP contribution in [0.3, 0.4) is 0 Å². The van der Waals surface area contributed by atoms with Crippen LogP contribution in [0.1, 0.15) is 39.1 Å². The van der Waals surface area contributed by atoms with Gasteiger partial charge in [-0.05, 0) is 49.2 Å². The number of aliphatic hydroxyl groups is 1. The Balaban J connectivity index is 1.34. The predicted molar refractivity (Wildman–Crippen MR) is 132 cm³/mol. The lowest BCUT2D eigenvalue weighted by molar-refractivity contribution is -0.0224. The third kappa shape index (κ3) is 4.91. The summed E-state index contributed by atoms with van der Waals surface area (Å²) in [4.78, 5) is 37.4. The molecule has 0 bridgehead atoms. The Bertz CT molecular complexity index is 1330. The topological polar surface area (TPSA) is 129 Å². The van der Waals surface area contributed by atoms with Gasteiger partial charge < -0.3 is 25.5 Å². The van der Waals surface area contributed by atoms with Gasteiger partial charge in [-0.1, -0.05) is 18.2 Å². The van der Waals surface area contributed by atoms with Crippen LogP contribution in [0, 0.1) is 0 Å².